The Morgan fingerprint density at radius 1 is 1.12 bits per heavy atom. The van der Waals surface area contributed by atoms with Crippen LogP contribution in [0.15, 0.2) is 30.3 Å². The van der Waals surface area contributed by atoms with Crippen LogP contribution in [-0.4, -0.2) is 9.78 Å². The zero-order valence-electron chi connectivity index (χ0n) is 10.7. The average molecular weight is 249 g/mol. The fraction of sp³-hybridized carbons (Fsp3) is 0.357. The molecule has 0 atom stereocenters. The second-order valence-corrected chi connectivity index (χ2v) is 5.74. The molecule has 1 heterocycles. The third-order valence-electron chi connectivity index (χ3n) is 2.71. The quantitative estimate of drug-likeness (QED) is 0.742. The van der Waals surface area contributed by atoms with Crippen LogP contribution in [-0.2, 0) is 5.41 Å². The van der Waals surface area contributed by atoms with E-state index in [2.05, 4.69) is 44.9 Å². The van der Waals surface area contributed by atoms with E-state index in [1.165, 1.54) is 5.56 Å². The lowest BCUT2D eigenvalue weighted by Crippen LogP contribution is -2.12. The van der Waals surface area contributed by atoms with Crippen LogP contribution in [0.3, 0.4) is 0 Å². The molecule has 0 fully saturated rings. The van der Waals surface area contributed by atoms with Crippen molar-refractivity contribution in [2.75, 3.05) is 0 Å². The third-order valence-corrected chi connectivity index (χ3v) is 2.98. The van der Waals surface area contributed by atoms with Crippen molar-refractivity contribution in [2.45, 2.75) is 33.1 Å². The van der Waals surface area contributed by atoms with Gasteiger partial charge in [0.1, 0.15) is 5.15 Å². The van der Waals surface area contributed by atoms with Gasteiger partial charge in [0.25, 0.3) is 0 Å². The Labute approximate surface area is 107 Å². The van der Waals surface area contributed by atoms with Gasteiger partial charge < -0.3 is 0 Å². The lowest BCUT2D eigenvalue weighted by atomic mass is 9.93. The van der Waals surface area contributed by atoms with Crippen molar-refractivity contribution in [2.24, 2.45) is 0 Å². The Kier molecular flexibility index (Phi) is 3.00. The maximum atomic E-state index is 6.23. The molecule has 0 N–H and O–H groups in total. The van der Waals surface area contributed by atoms with E-state index in [0.717, 1.165) is 11.4 Å². The summed E-state index contributed by atoms with van der Waals surface area (Å²) in [5.74, 6) is 0. The van der Waals surface area contributed by atoms with E-state index in [1.807, 2.05) is 18.2 Å². The Morgan fingerprint density at radius 2 is 1.71 bits per heavy atom. The number of nitrogens with zero attached hydrogens (tertiary/aromatic N) is 2. The minimum Gasteiger partial charge on any atom is -0.222 e. The minimum atomic E-state index is 0.0135. The van der Waals surface area contributed by atoms with E-state index in [4.69, 9.17) is 11.6 Å². The van der Waals surface area contributed by atoms with Gasteiger partial charge in [0.2, 0.25) is 0 Å². The minimum absolute atomic E-state index is 0.0135. The summed E-state index contributed by atoms with van der Waals surface area (Å²) in [6.45, 7) is 8.45. The highest BCUT2D eigenvalue weighted by atomic mass is 35.5. The van der Waals surface area contributed by atoms with Crippen LogP contribution in [0.5, 0.6) is 0 Å². The molecule has 90 valence electrons. The van der Waals surface area contributed by atoms with E-state index >= 15 is 0 Å². The topological polar surface area (TPSA) is 17.8 Å². The Morgan fingerprint density at radius 3 is 2.18 bits per heavy atom. The van der Waals surface area contributed by atoms with Crippen molar-refractivity contribution >= 4 is 11.6 Å². The maximum Gasteiger partial charge on any atom is 0.133 e. The Bertz CT molecular complexity index is 518. The van der Waals surface area contributed by atoms with Crippen LogP contribution in [0, 0.1) is 6.92 Å². The summed E-state index contributed by atoms with van der Waals surface area (Å²) in [4.78, 5) is 0. The Hall–Kier alpha value is -1.28. The first-order valence-electron chi connectivity index (χ1n) is 5.71. The number of halogens is 1. The highest BCUT2D eigenvalue weighted by Crippen LogP contribution is 2.25. The van der Waals surface area contributed by atoms with Gasteiger partial charge in [-0.2, -0.15) is 5.10 Å². The number of aryl methyl sites for hydroxylation is 1. The molecule has 1 aromatic carbocycles. The summed E-state index contributed by atoms with van der Waals surface area (Å²) < 4.78 is 1.78. The molecule has 0 amide bonds. The molecule has 0 saturated heterocycles. The van der Waals surface area contributed by atoms with Gasteiger partial charge in [0.05, 0.1) is 11.4 Å². The lowest BCUT2D eigenvalue weighted by molar-refractivity contribution is 0.560. The fourth-order valence-electron chi connectivity index (χ4n) is 1.59. The van der Waals surface area contributed by atoms with Crippen molar-refractivity contribution < 1.29 is 0 Å². The summed E-state index contributed by atoms with van der Waals surface area (Å²) in [6.07, 6.45) is 0. The first kappa shape index (κ1) is 12.2. The number of benzene rings is 1. The van der Waals surface area contributed by atoms with Gasteiger partial charge in [-0.3, -0.25) is 0 Å². The standard InChI is InChI=1S/C14H17ClN2/c1-10-5-7-11(8-6-10)17-13(15)9-12(16-17)14(2,3)4/h5-9H,1-4H3. The van der Waals surface area contributed by atoms with Crippen molar-refractivity contribution in [1.82, 2.24) is 9.78 Å². The highest BCUT2D eigenvalue weighted by Gasteiger charge is 2.19. The number of rotatable bonds is 1. The van der Waals surface area contributed by atoms with Crippen LogP contribution in [0.4, 0.5) is 0 Å². The maximum absolute atomic E-state index is 6.23. The molecular weight excluding hydrogens is 232 g/mol. The van der Waals surface area contributed by atoms with Crippen molar-refractivity contribution in [3.05, 3.63) is 46.7 Å². The van der Waals surface area contributed by atoms with E-state index < -0.39 is 0 Å². The van der Waals surface area contributed by atoms with Crippen molar-refractivity contribution in [3.8, 4) is 5.69 Å². The van der Waals surface area contributed by atoms with E-state index in [9.17, 15) is 0 Å². The molecule has 17 heavy (non-hydrogen) atoms. The van der Waals surface area contributed by atoms with Gasteiger partial charge in [-0.25, -0.2) is 4.68 Å². The van der Waals surface area contributed by atoms with Crippen LogP contribution >= 0.6 is 11.6 Å². The number of hydrogen-bond acceptors (Lipinski definition) is 1. The van der Waals surface area contributed by atoms with Crippen molar-refractivity contribution in [3.63, 3.8) is 0 Å². The molecule has 2 rings (SSSR count). The van der Waals surface area contributed by atoms with Gasteiger partial charge in [0, 0.05) is 5.41 Å². The van der Waals surface area contributed by atoms with Crippen LogP contribution in [0.2, 0.25) is 5.15 Å². The van der Waals surface area contributed by atoms with Gasteiger partial charge in [0.15, 0.2) is 0 Å². The molecular formula is C14H17ClN2. The first-order valence-corrected chi connectivity index (χ1v) is 6.09. The lowest BCUT2D eigenvalue weighted by Gasteiger charge is -2.14. The molecule has 0 saturated carbocycles. The molecule has 2 aromatic rings. The molecule has 0 spiro atoms. The summed E-state index contributed by atoms with van der Waals surface area (Å²) >= 11 is 6.23. The predicted molar refractivity (Wildman–Crippen MR) is 72.0 cm³/mol. The van der Waals surface area contributed by atoms with Gasteiger partial charge in [-0.15, -0.1) is 0 Å². The first-order chi connectivity index (χ1) is 7.88. The van der Waals surface area contributed by atoms with Crippen LogP contribution < -0.4 is 0 Å². The van der Waals surface area contributed by atoms with Gasteiger partial charge in [-0.1, -0.05) is 50.1 Å². The summed E-state index contributed by atoms with van der Waals surface area (Å²) in [5, 5.41) is 5.22. The molecule has 1 aromatic heterocycles. The molecule has 0 unspecified atom stereocenters. The number of aromatic nitrogens is 2. The third kappa shape index (κ3) is 2.52. The Balaban J connectivity index is 2.46. The summed E-state index contributed by atoms with van der Waals surface area (Å²) in [5.41, 5.74) is 3.24. The SMILES string of the molecule is Cc1ccc(-n2nc(C(C)(C)C)cc2Cl)cc1. The second kappa shape index (κ2) is 4.19. The van der Waals surface area contributed by atoms with Gasteiger partial charge >= 0.3 is 0 Å². The smallest absolute Gasteiger partial charge is 0.133 e. The molecule has 0 radical (unpaired) electrons. The average Bonchev–Trinajstić information content (AvgIpc) is 2.61. The molecule has 0 aliphatic rings. The molecule has 0 aliphatic carbocycles. The molecule has 3 heteroatoms. The molecule has 2 nitrogen and oxygen atoms in total. The molecule has 0 bridgehead atoms. The zero-order valence-corrected chi connectivity index (χ0v) is 11.4. The van der Waals surface area contributed by atoms with Crippen LogP contribution in [0.1, 0.15) is 32.0 Å². The predicted octanol–water partition coefficient (Wildman–Crippen LogP) is 4.13. The van der Waals surface area contributed by atoms with E-state index in [-0.39, 0.29) is 5.41 Å². The summed E-state index contributed by atoms with van der Waals surface area (Å²) in [6, 6.07) is 10.1. The summed E-state index contributed by atoms with van der Waals surface area (Å²) in [7, 11) is 0. The van der Waals surface area contributed by atoms with Crippen molar-refractivity contribution in [1.29, 1.82) is 0 Å². The van der Waals surface area contributed by atoms with Gasteiger partial charge in [-0.05, 0) is 25.1 Å². The largest absolute Gasteiger partial charge is 0.222 e. The highest BCUT2D eigenvalue weighted by molar-refractivity contribution is 6.29. The van der Waals surface area contributed by atoms with E-state index in [1.54, 1.807) is 4.68 Å². The molecule has 0 aliphatic heterocycles. The number of hydrogen-bond donors (Lipinski definition) is 0. The normalized spacial score (nSPS) is 11.8. The second-order valence-electron chi connectivity index (χ2n) is 5.35. The monoisotopic (exact) mass is 248 g/mol. The zero-order chi connectivity index (χ0) is 12.6. The van der Waals surface area contributed by atoms with E-state index in [0.29, 0.717) is 5.15 Å². The van der Waals surface area contributed by atoms with Crippen LogP contribution in [0.25, 0.3) is 5.69 Å². The fourth-order valence-corrected chi connectivity index (χ4v) is 1.83.